The number of carbonyl (C=O) groups is 1. The summed E-state index contributed by atoms with van der Waals surface area (Å²) in [6, 6.07) is 3.31. The zero-order valence-corrected chi connectivity index (χ0v) is 15.0. The number of hydrogen-bond acceptors (Lipinski definition) is 6. The normalized spacial score (nSPS) is 11.2. The molecule has 0 fully saturated rings. The number of fused-ring (bicyclic) bond motifs is 1. The standard InChI is InChI=1S/C16H15FN4O4S/c1-19-12-13(20(2)16(25)21(3)14(12)24)18-15(19)26-7-11(23)9-5-4-8(22)6-10(9)17/h4-6,22H,7H2,1-3H3. The van der Waals surface area contributed by atoms with Gasteiger partial charge in [-0.1, -0.05) is 11.8 Å². The number of carbonyl (C=O) groups excluding carboxylic acids is 1. The minimum atomic E-state index is -0.808. The van der Waals surface area contributed by atoms with Crippen molar-refractivity contribution in [2.24, 2.45) is 21.1 Å². The molecule has 2 aromatic heterocycles. The van der Waals surface area contributed by atoms with Crippen LogP contribution in [0, 0.1) is 5.82 Å². The van der Waals surface area contributed by atoms with Gasteiger partial charge >= 0.3 is 5.69 Å². The molecule has 10 heteroatoms. The van der Waals surface area contributed by atoms with Crippen LogP contribution in [0.1, 0.15) is 10.4 Å². The maximum absolute atomic E-state index is 13.8. The Morgan fingerprint density at radius 2 is 1.88 bits per heavy atom. The highest BCUT2D eigenvalue weighted by Gasteiger charge is 2.19. The molecule has 0 amide bonds. The summed E-state index contributed by atoms with van der Waals surface area (Å²) in [7, 11) is 4.48. The highest BCUT2D eigenvalue weighted by atomic mass is 32.2. The van der Waals surface area contributed by atoms with Crippen molar-refractivity contribution in [1.82, 2.24) is 18.7 Å². The van der Waals surface area contributed by atoms with E-state index in [0.717, 1.165) is 22.4 Å². The van der Waals surface area contributed by atoms with E-state index in [1.165, 1.54) is 35.4 Å². The number of aromatic hydroxyl groups is 1. The molecule has 0 spiro atoms. The number of thioether (sulfide) groups is 1. The van der Waals surface area contributed by atoms with Crippen LogP contribution in [0.2, 0.25) is 0 Å². The summed E-state index contributed by atoms with van der Waals surface area (Å²) >= 11 is 1.03. The minimum absolute atomic E-state index is 0.118. The first kappa shape index (κ1) is 17.9. The predicted octanol–water partition coefficient (Wildman–Crippen LogP) is 0.790. The number of halogens is 1. The number of benzene rings is 1. The average molecular weight is 378 g/mol. The SMILES string of the molecule is Cn1c(=O)c2c(nc(SCC(=O)c3ccc(O)cc3F)n2C)n(C)c1=O. The molecule has 0 saturated carbocycles. The van der Waals surface area contributed by atoms with Crippen LogP contribution in [-0.4, -0.2) is 35.3 Å². The van der Waals surface area contributed by atoms with Crippen molar-refractivity contribution in [1.29, 1.82) is 0 Å². The van der Waals surface area contributed by atoms with E-state index in [1.54, 1.807) is 7.05 Å². The molecule has 0 aliphatic carbocycles. The van der Waals surface area contributed by atoms with Gasteiger partial charge in [0.2, 0.25) is 0 Å². The van der Waals surface area contributed by atoms with Gasteiger partial charge in [-0.05, 0) is 12.1 Å². The van der Waals surface area contributed by atoms with Gasteiger partial charge in [-0.15, -0.1) is 0 Å². The van der Waals surface area contributed by atoms with Crippen molar-refractivity contribution in [3.8, 4) is 5.75 Å². The van der Waals surface area contributed by atoms with Crippen LogP contribution in [-0.2, 0) is 21.1 Å². The number of aromatic nitrogens is 4. The van der Waals surface area contributed by atoms with E-state index in [2.05, 4.69) is 4.98 Å². The average Bonchev–Trinajstić information content (AvgIpc) is 2.92. The third-order valence-corrected chi connectivity index (χ3v) is 5.05. The zero-order chi connectivity index (χ0) is 19.2. The second-order valence-corrected chi connectivity index (χ2v) is 6.65. The van der Waals surface area contributed by atoms with Gasteiger partial charge in [-0.2, -0.15) is 0 Å². The molecule has 136 valence electrons. The second kappa shape index (κ2) is 6.45. The molecule has 0 bridgehead atoms. The van der Waals surface area contributed by atoms with Crippen molar-refractivity contribution in [2.75, 3.05) is 5.75 Å². The summed E-state index contributed by atoms with van der Waals surface area (Å²) in [6.45, 7) is 0. The van der Waals surface area contributed by atoms with Crippen LogP contribution in [0.5, 0.6) is 5.75 Å². The maximum atomic E-state index is 13.8. The Morgan fingerprint density at radius 3 is 2.54 bits per heavy atom. The van der Waals surface area contributed by atoms with Gasteiger partial charge in [0.25, 0.3) is 5.56 Å². The molecule has 8 nitrogen and oxygen atoms in total. The fourth-order valence-corrected chi connectivity index (χ4v) is 3.42. The number of ketones is 1. The molecular weight excluding hydrogens is 363 g/mol. The number of Topliss-reactive ketones (excluding diaryl/α,β-unsaturated/α-hetero) is 1. The topological polar surface area (TPSA) is 99.1 Å². The van der Waals surface area contributed by atoms with Gasteiger partial charge < -0.3 is 9.67 Å². The van der Waals surface area contributed by atoms with E-state index in [0.29, 0.717) is 5.16 Å². The smallest absolute Gasteiger partial charge is 0.332 e. The van der Waals surface area contributed by atoms with Crippen LogP contribution >= 0.6 is 11.8 Å². The Morgan fingerprint density at radius 1 is 1.19 bits per heavy atom. The van der Waals surface area contributed by atoms with Crippen LogP contribution in [0.4, 0.5) is 4.39 Å². The van der Waals surface area contributed by atoms with Gasteiger partial charge in [-0.25, -0.2) is 14.2 Å². The van der Waals surface area contributed by atoms with E-state index in [4.69, 9.17) is 0 Å². The summed E-state index contributed by atoms with van der Waals surface area (Å²) in [5.41, 5.74) is -0.677. The molecule has 3 rings (SSSR count). The lowest BCUT2D eigenvalue weighted by atomic mass is 10.1. The number of phenols is 1. The maximum Gasteiger partial charge on any atom is 0.332 e. The number of nitrogens with zero attached hydrogens (tertiary/aromatic N) is 4. The molecule has 0 unspecified atom stereocenters. The second-order valence-electron chi connectivity index (χ2n) is 5.71. The van der Waals surface area contributed by atoms with Crippen LogP contribution in [0.15, 0.2) is 32.9 Å². The highest BCUT2D eigenvalue weighted by molar-refractivity contribution is 7.99. The molecule has 0 atom stereocenters. The molecule has 0 radical (unpaired) electrons. The van der Waals surface area contributed by atoms with Gasteiger partial charge in [0.05, 0.1) is 11.3 Å². The lowest BCUT2D eigenvalue weighted by Gasteiger charge is -2.04. The number of rotatable bonds is 4. The summed E-state index contributed by atoms with van der Waals surface area (Å²) in [4.78, 5) is 40.8. The first-order valence-electron chi connectivity index (χ1n) is 7.49. The number of aryl methyl sites for hydroxylation is 2. The highest BCUT2D eigenvalue weighted by Crippen LogP contribution is 2.23. The lowest BCUT2D eigenvalue weighted by molar-refractivity contribution is 0.101. The summed E-state index contributed by atoms with van der Waals surface area (Å²) in [5.74, 6) is -1.68. The van der Waals surface area contributed by atoms with Crippen LogP contribution in [0.25, 0.3) is 11.2 Å². The largest absolute Gasteiger partial charge is 0.508 e. The summed E-state index contributed by atoms with van der Waals surface area (Å²) < 4.78 is 17.5. The molecular formula is C16H15FN4O4S. The third kappa shape index (κ3) is 2.81. The summed E-state index contributed by atoms with van der Waals surface area (Å²) in [5, 5.41) is 9.56. The van der Waals surface area contributed by atoms with Gasteiger partial charge in [0.1, 0.15) is 11.6 Å². The Labute approximate surface area is 150 Å². The van der Waals surface area contributed by atoms with Crippen molar-refractivity contribution in [3.05, 3.63) is 50.4 Å². The minimum Gasteiger partial charge on any atom is -0.508 e. The number of imidazole rings is 1. The molecule has 3 aromatic rings. The molecule has 1 aromatic carbocycles. The van der Waals surface area contributed by atoms with E-state index >= 15 is 0 Å². The van der Waals surface area contributed by atoms with E-state index in [1.807, 2.05) is 0 Å². The van der Waals surface area contributed by atoms with Gasteiger partial charge in [-0.3, -0.25) is 18.7 Å². The molecule has 2 heterocycles. The third-order valence-electron chi connectivity index (χ3n) is 4.02. The van der Waals surface area contributed by atoms with Crippen molar-refractivity contribution in [3.63, 3.8) is 0 Å². The van der Waals surface area contributed by atoms with E-state index in [-0.39, 0.29) is 28.2 Å². The Balaban J connectivity index is 1.95. The zero-order valence-electron chi connectivity index (χ0n) is 14.2. The molecule has 0 saturated heterocycles. The lowest BCUT2D eigenvalue weighted by Crippen LogP contribution is -2.37. The molecule has 1 N–H and O–H groups in total. The van der Waals surface area contributed by atoms with E-state index in [9.17, 15) is 23.9 Å². The molecule has 26 heavy (non-hydrogen) atoms. The van der Waals surface area contributed by atoms with Crippen molar-refractivity contribution in [2.45, 2.75) is 5.16 Å². The van der Waals surface area contributed by atoms with Crippen molar-refractivity contribution >= 4 is 28.7 Å². The fraction of sp³-hybridized carbons (Fsp3) is 0.250. The van der Waals surface area contributed by atoms with E-state index < -0.39 is 22.8 Å². The first-order valence-corrected chi connectivity index (χ1v) is 8.48. The predicted molar refractivity (Wildman–Crippen MR) is 94.3 cm³/mol. The quantitative estimate of drug-likeness (QED) is 0.532. The van der Waals surface area contributed by atoms with Crippen molar-refractivity contribution < 1.29 is 14.3 Å². The monoisotopic (exact) mass is 378 g/mol. The number of phenolic OH excluding ortho intramolecular Hbond substituents is 1. The fourth-order valence-electron chi connectivity index (χ4n) is 2.57. The summed E-state index contributed by atoms with van der Waals surface area (Å²) in [6.07, 6.45) is 0. The Bertz CT molecular complexity index is 1160. The van der Waals surface area contributed by atoms with Crippen LogP contribution < -0.4 is 11.2 Å². The Hall–Kier alpha value is -2.88. The van der Waals surface area contributed by atoms with Crippen LogP contribution in [0.3, 0.4) is 0 Å². The Kier molecular flexibility index (Phi) is 4.45. The molecule has 0 aliphatic rings. The van der Waals surface area contributed by atoms with Gasteiger partial charge in [0.15, 0.2) is 22.1 Å². The van der Waals surface area contributed by atoms with Gasteiger partial charge in [0, 0.05) is 27.2 Å². The first-order chi connectivity index (χ1) is 12.2. The number of hydrogen-bond donors (Lipinski definition) is 1. The molecule has 0 aliphatic heterocycles.